The van der Waals surface area contributed by atoms with Gasteiger partial charge in [0.05, 0.1) is 0 Å². The summed E-state index contributed by atoms with van der Waals surface area (Å²) in [4.78, 5) is 14.9. The number of likely N-dealkylation sites (N-methyl/N-ethyl adjacent to an activating group) is 1. The number of aromatic nitrogens is 1. The number of carbonyl (C=O) groups is 1. The quantitative estimate of drug-likeness (QED) is 0.866. The summed E-state index contributed by atoms with van der Waals surface area (Å²) >= 11 is 0. The van der Waals surface area contributed by atoms with E-state index >= 15 is 0 Å². The van der Waals surface area contributed by atoms with E-state index in [1.165, 1.54) is 59.8 Å². The Morgan fingerprint density at radius 2 is 2.04 bits per heavy atom. The number of carbonyl (C=O) groups excluding carboxylic acids is 1. The van der Waals surface area contributed by atoms with Gasteiger partial charge >= 0.3 is 0 Å². The topological polar surface area (TPSA) is 37.3 Å². The SMILES string of the molecule is Cc1ccc2c(c1)c1c(n2CCC(=O)NCC2CCCCC2)CCN(C)C1. The molecule has 27 heavy (non-hydrogen) atoms. The summed E-state index contributed by atoms with van der Waals surface area (Å²) in [5, 5.41) is 4.57. The first-order chi connectivity index (χ1) is 13.1. The highest BCUT2D eigenvalue weighted by Crippen LogP contribution is 2.31. The van der Waals surface area contributed by atoms with Crippen molar-refractivity contribution >= 4 is 16.8 Å². The van der Waals surface area contributed by atoms with Gasteiger partial charge in [-0.25, -0.2) is 0 Å². The molecule has 146 valence electrons. The van der Waals surface area contributed by atoms with E-state index in [0.717, 1.165) is 32.6 Å². The van der Waals surface area contributed by atoms with E-state index in [1.807, 2.05) is 0 Å². The molecule has 0 spiro atoms. The molecule has 4 nitrogen and oxygen atoms in total. The van der Waals surface area contributed by atoms with Gasteiger partial charge in [0.1, 0.15) is 0 Å². The largest absolute Gasteiger partial charge is 0.356 e. The third-order valence-corrected chi connectivity index (χ3v) is 6.48. The van der Waals surface area contributed by atoms with E-state index in [4.69, 9.17) is 0 Å². The average Bonchev–Trinajstić information content (AvgIpc) is 2.97. The maximum Gasteiger partial charge on any atom is 0.221 e. The molecule has 0 radical (unpaired) electrons. The van der Waals surface area contributed by atoms with Crippen LogP contribution in [0.4, 0.5) is 0 Å². The molecule has 1 aliphatic carbocycles. The number of nitrogens with zero attached hydrogens (tertiary/aromatic N) is 2. The number of amides is 1. The van der Waals surface area contributed by atoms with Gasteiger partial charge in [0, 0.05) is 55.6 Å². The van der Waals surface area contributed by atoms with Crippen LogP contribution in [-0.4, -0.2) is 35.5 Å². The molecule has 2 heterocycles. The molecule has 0 unspecified atom stereocenters. The van der Waals surface area contributed by atoms with E-state index in [2.05, 4.69) is 47.0 Å². The third kappa shape index (κ3) is 4.06. The van der Waals surface area contributed by atoms with Crippen molar-refractivity contribution in [3.8, 4) is 0 Å². The first-order valence-corrected chi connectivity index (χ1v) is 10.7. The van der Waals surface area contributed by atoms with Gasteiger partial charge in [-0.2, -0.15) is 0 Å². The van der Waals surface area contributed by atoms with E-state index in [9.17, 15) is 4.79 Å². The molecule has 4 rings (SSSR count). The van der Waals surface area contributed by atoms with Crippen LogP contribution >= 0.6 is 0 Å². The fraction of sp³-hybridized carbons (Fsp3) is 0.609. The van der Waals surface area contributed by atoms with Crippen LogP contribution in [0.25, 0.3) is 10.9 Å². The number of fused-ring (bicyclic) bond motifs is 3. The van der Waals surface area contributed by atoms with Gasteiger partial charge in [0.25, 0.3) is 0 Å². The Balaban J connectivity index is 1.46. The van der Waals surface area contributed by atoms with Crippen molar-refractivity contribution in [3.63, 3.8) is 0 Å². The summed E-state index contributed by atoms with van der Waals surface area (Å²) in [6, 6.07) is 6.74. The minimum absolute atomic E-state index is 0.205. The van der Waals surface area contributed by atoms with Crippen LogP contribution in [0.1, 0.15) is 55.3 Å². The highest BCUT2D eigenvalue weighted by molar-refractivity contribution is 5.87. The second kappa shape index (κ2) is 8.05. The van der Waals surface area contributed by atoms with Crippen molar-refractivity contribution in [2.24, 2.45) is 5.92 Å². The van der Waals surface area contributed by atoms with Gasteiger partial charge in [-0.05, 0) is 50.4 Å². The first kappa shape index (κ1) is 18.5. The van der Waals surface area contributed by atoms with E-state index in [0.29, 0.717) is 12.3 Å². The Kier molecular flexibility index (Phi) is 5.53. The number of hydrogen-bond donors (Lipinski definition) is 1. The zero-order valence-corrected chi connectivity index (χ0v) is 16.9. The van der Waals surface area contributed by atoms with Crippen molar-refractivity contribution in [3.05, 3.63) is 35.0 Å². The Bertz CT molecular complexity index is 817. The van der Waals surface area contributed by atoms with Crippen molar-refractivity contribution < 1.29 is 4.79 Å². The molecule has 1 aromatic heterocycles. The Morgan fingerprint density at radius 3 is 2.85 bits per heavy atom. The van der Waals surface area contributed by atoms with Crippen LogP contribution in [-0.2, 0) is 24.3 Å². The maximum atomic E-state index is 12.5. The normalized spacial score (nSPS) is 18.6. The molecule has 2 aromatic rings. The van der Waals surface area contributed by atoms with Crippen molar-refractivity contribution in [1.29, 1.82) is 0 Å². The molecule has 2 aliphatic rings. The summed E-state index contributed by atoms with van der Waals surface area (Å²) < 4.78 is 2.41. The minimum Gasteiger partial charge on any atom is -0.356 e. The third-order valence-electron chi connectivity index (χ3n) is 6.48. The predicted octanol–water partition coefficient (Wildman–Crippen LogP) is 4.02. The fourth-order valence-corrected chi connectivity index (χ4v) is 4.91. The summed E-state index contributed by atoms with van der Waals surface area (Å²) in [7, 11) is 2.20. The van der Waals surface area contributed by atoms with Crippen LogP contribution < -0.4 is 5.32 Å². The van der Waals surface area contributed by atoms with Crippen molar-refractivity contribution in [2.75, 3.05) is 20.1 Å². The molecular weight excluding hydrogens is 334 g/mol. The number of rotatable bonds is 5. The molecule has 1 N–H and O–H groups in total. The lowest BCUT2D eigenvalue weighted by atomic mass is 9.89. The fourth-order valence-electron chi connectivity index (χ4n) is 4.91. The van der Waals surface area contributed by atoms with Gasteiger partial charge in [-0.3, -0.25) is 4.79 Å². The lowest BCUT2D eigenvalue weighted by Crippen LogP contribution is -2.31. The summed E-state index contributed by atoms with van der Waals surface area (Å²) in [6.07, 6.45) is 8.23. The molecule has 1 saturated carbocycles. The lowest BCUT2D eigenvalue weighted by molar-refractivity contribution is -0.121. The van der Waals surface area contributed by atoms with Gasteiger partial charge in [-0.1, -0.05) is 30.9 Å². The number of hydrogen-bond acceptors (Lipinski definition) is 2. The monoisotopic (exact) mass is 367 g/mol. The van der Waals surface area contributed by atoms with Crippen molar-refractivity contribution in [2.45, 2.75) is 65.0 Å². The summed E-state index contributed by atoms with van der Waals surface area (Å²) in [5.41, 5.74) is 5.50. The van der Waals surface area contributed by atoms with Crippen LogP contribution in [0.2, 0.25) is 0 Å². The number of nitrogens with one attached hydrogen (secondary N) is 1. The molecule has 0 atom stereocenters. The Hall–Kier alpha value is -1.81. The van der Waals surface area contributed by atoms with Crippen molar-refractivity contribution in [1.82, 2.24) is 14.8 Å². The zero-order valence-electron chi connectivity index (χ0n) is 16.9. The molecular formula is C23H33N3O. The van der Waals surface area contributed by atoms with Crippen LogP contribution in [0.3, 0.4) is 0 Å². The molecule has 1 aromatic carbocycles. The van der Waals surface area contributed by atoms with Crippen LogP contribution in [0.15, 0.2) is 18.2 Å². The van der Waals surface area contributed by atoms with Gasteiger partial charge < -0.3 is 14.8 Å². The molecule has 1 amide bonds. The second-order valence-electron chi connectivity index (χ2n) is 8.64. The average molecular weight is 368 g/mol. The molecule has 0 saturated heterocycles. The number of aryl methyl sites for hydroxylation is 2. The highest BCUT2D eigenvalue weighted by Gasteiger charge is 2.22. The second-order valence-corrected chi connectivity index (χ2v) is 8.64. The van der Waals surface area contributed by atoms with Gasteiger partial charge in [0.2, 0.25) is 5.91 Å². The van der Waals surface area contributed by atoms with Gasteiger partial charge in [-0.15, -0.1) is 0 Å². The maximum absolute atomic E-state index is 12.5. The summed E-state index contributed by atoms with van der Waals surface area (Å²) in [6.45, 7) is 5.92. The first-order valence-electron chi connectivity index (χ1n) is 10.7. The Morgan fingerprint density at radius 1 is 1.22 bits per heavy atom. The minimum atomic E-state index is 0.205. The molecule has 1 fully saturated rings. The smallest absolute Gasteiger partial charge is 0.221 e. The molecule has 0 bridgehead atoms. The number of benzene rings is 1. The molecule has 1 aliphatic heterocycles. The van der Waals surface area contributed by atoms with Gasteiger partial charge in [0.15, 0.2) is 0 Å². The Labute approximate surface area is 162 Å². The summed E-state index contributed by atoms with van der Waals surface area (Å²) in [5.74, 6) is 0.901. The molecule has 4 heteroatoms. The van der Waals surface area contributed by atoms with E-state index < -0.39 is 0 Å². The zero-order chi connectivity index (χ0) is 18.8. The lowest BCUT2D eigenvalue weighted by Gasteiger charge is -2.24. The highest BCUT2D eigenvalue weighted by atomic mass is 16.1. The predicted molar refractivity (Wildman–Crippen MR) is 111 cm³/mol. The van der Waals surface area contributed by atoms with E-state index in [-0.39, 0.29) is 5.91 Å². The standard InChI is InChI=1S/C23H33N3O/c1-17-8-9-21-19(14-17)20-16-25(2)12-10-22(20)26(21)13-11-23(27)24-15-18-6-4-3-5-7-18/h8-9,14,18H,3-7,10-13,15-16H2,1-2H3,(H,24,27). The van der Waals surface area contributed by atoms with E-state index in [1.54, 1.807) is 0 Å². The van der Waals surface area contributed by atoms with Crippen LogP contribution in [0.5, 0.6) is 0 Å². The van der Waals surface area contributed by atoms with Crippen LogP contribution in [0, 0.1) is 12.8 Å².